The molecule has 0 atom stereocenters. The van der Waals surface area contributed by atoms with E-state index < -0.39 is 0 Å². The van der Waals surface area contributed by atoms with Crippen LogP contribution < -0.4 is 0 Å². The minimum absolute atomic E-state index is 0.699. The molecular weight excluding hydrogens is 703 g/mol. The average Bonchev–Trinajstić information content (AvgIpc) is 3.72. The molecule has 0 spiro atoms. The summed E-state index contributed by atoms with van der Waals surface area (Å²) >= 11 is 0. The highest BCUT2D eigenvalue weighted by atomic mass is 15.1. The van der Waals surface area contributed by atoms with Crippen LogP contribution in [0.3, 0.4) is 0 Å². The predicted octanol–water partition coefficient (Wildman–Crippen LogP) is 14.6. The van der Waals surface area contributed by atoms with Crippen LogP contribution in [-0.2, 0) is 0 Å². The molecule has 0 fully saturated rings. The van der Waals surface area contributed by atoms with Crippen molar-refractivity contribution in [3.05, 3.63) is 200 Å². The van der Waals surface area contributed by atoms with Crippen molar-refractivity contribution in [1.29, 1.82) is 0 Å². The van der Waals surface area contributed by atoms with Crippen molar-refractivity contribution < 1.29 is 0 Å². The maximum Gasteiger partial charge on any atom is 0.234 e. The number of rotatable bonds is 4. The first-order valence-corrected chi connectivity index (χ1v) is 19.9. The molecule has 0 bridgehead atoms. The summed E-state index contributed by atoms with van der Waals surface area (Å²) in [5.74, 6) is 0.699. The quantitative estimate of drug-likeness (QED) is 0.133. The molecule has 0 N–H and O–H groups in total. The van der Waals surface area contributed by atoms with Crippen LogP contribution in [0.25, 0.3) is 115 Å². The Morgan fingerprint density at radius 1 is 0.414 bits per heavy atom. The van der Waals surface area contributed by atoms with E-state index in [1.165, 1.54) is 104 Å². The monoisotopic (exact) mass is 737 g/mol. The maximum absolute atomic E-state index is 4.77. The molecule has 3 nitrogen and oxygen atoms in total. The second-order valence-electron chi connectivity index (χ2n) is 15.4. The Bertz CT molecular complexity index is 3540. The summed E-state index contributed by atoms with van der Waals surface area (Å²) in [6.07, 6.45) is 5.80. The molecule has 0 radical (unpaired) electrons. The molecule has 12 aromatic rings. The lowest BCUT2D eigenvalue weighted by Crippen LogP contribution is -1.91. The Morgan fingerprint density at radius 3 is 1.64 bits per heavy atom. The molecule has 12 rings (SSSR count). The Kier molecular flexibility index (Phi) is 7.14. The van der Waals surface area contributed by atoms with E-state index in [1.54, 1.807) is 6.20 Å². The van der Waals surface area contributed by atoms with E-state index >= 15 is 0 Å². The fraction of sp³-hybridized carbons (Fsp3) is 0.0182. The van der Waals surface area contributed by atoms with Gasteiger partial charge in [0.25, 0.3) is 0 Å². The predicted molar refractivity (Wildman–Crippen MR) is 245 cm³/mol. The summed E-state index contributed by atoms with van der Waals surface area (Å²) in [5.41, 5.74) is 10.7. The van der Waals surface area contributed by atoms with Gasteiger partial charge in [0.1, 0.15) is 0 Å². The first-order valence-electron chi connectivity index (χ1n) is 19.9. The van der Waals surface area contributed by atoms with Crippen molar-refractivity contribution in [1.82, 2.24) is 14.4 Å². The SMILES string of the molecule is Cc1cccc2ccc3cccc(-c4cccc5ccc6cc(-c7c8ccccc8c(-c8ccc(-c9cn%10cccnc%10n9)cc8)c8ccccc78)ccc6c45)c3c12. The van der Waals surface area contributed by atoms with E-state index in [9.17, 15) is 0 Å². The van der Waals surface area contributed by atoms with Crippen LogP contribution in [-0.4, -0.2) is 14.4 Å². The van der Waals surface area contributed by atoms with Crippen molar-refractivity contribution in [3.63, 3.8) is 0 Å². The molecule has 0 saturated heterocycles. The lowest BCUT2D eigenvalue weighted by Gasteiger charge is -2.19. The van der Waals surface area contributed by atoms with E-state index in [0.29, 0.717) is 5.78 Å². The highest BCUT2D eigenvalue weighted by Crippen LogP contribution is 2.46. The molecule has 2 heterocycles. The first kappa shape index (κ1) is 32.6. The second-order valence-corrected chi connectivity index (χ2v) is 15.4. The van der Waals surface area contributed by atoms with Crippen LogP contribution in [0, 0.1) is 6.92 Å². The lowest BCUT2D eigenvalue weighted by atomic mass is 9.84. The van der Waals surface area contributed by atoms with Gasteiger partial charge in [-0.25, -0.2) is 9.97 Å². The van der Waals surface area contributed by atoms with Crippen LogP contribution in [0.4, 0.5) is 0 Å². The van der Waals surface area contributed by atoms with Gasteiger partial charge in [-0.2, -0.15) is 0 Å². The molecule has 270 valence electrons. The van der Waals surface area contributed by atoms with E-state index in [1.807, 2.05) is 22.9 Å². The standard InChI is InChI=1S/C55H35N3/c1-34-10-6-11-36-24-25-38-13-8-19-48(54(38)50(34)36)47-18-7-12-37-26-27-40-32-41(28-29-42(40)51(37)47)53-45-16-4-2-14-43(45)52(44-15-3-5-17-46(44)53)39-22-20-35(21-23-39)49-33-58-31-9-30-56-55(58)57-49/h2-33H,1H3. The van der Waals surface area contributed by atoms with E-state index in [0.717, 1.165) is 11.3 Å². The van der Waals surface area contributed by atoms with Gasteiger partial charge in [-0.1, -0.05) is 164 Å². The number of aryl methyl sites for hydroxylation is 1. The Labute approximate surface area is 335 Å². The van der Waals surface area contributed by atoms with Crippen LogP contribution in [0.5, 0.6) is 0 Å². The molecule has 0 aliphatic rings. The minimum Gasteiger partial charge on any atom is -0.291 e. The Morgan fingerprint density at radius 2 is 0.966 bits per heavy atom. The summed E-state index contributed by atoms with van der Waals surface area (Å²) in [7, 11) is 0. The van der Waals surface area contributed by atoms with Crippen molar-refractivity contribution >= 4 is 70.4 Å². The van der Waals surface area contributed by atoms with Gasteiger partial charge in [-0.05, 0) is 123 Å². The van der Waals surface area contributed by atoms with Crippen LogP contribution in [0.2, 0.25) is 0 Å². The molecular formula is C55H35N3. The van der Waals surface area contributed by atoms with Crippen LogP contribution in [0.1, 0.15) is 5.56 Å². The zero-order valence-electron chi connectivity index (χ0n) is 31.8. The molecule has 58 heavy (non-hydrogen) atoms. The fourth-order valence-electron chi connectivity index (χ4n) is 9.59. The molecule has 0 aliphatic heterocycles. The minimum atomic E-state index is 0.699. The van der Waals surface area contributed by atoms with Gasteiger partial charge in [0.15, 0.2) is 0 Å². The van der Waals surface area contributed by atoms with E-state index in [4.69, 9.17) is 4.98 Å². The smallest absolute Gasteiger partial charge is 0.234 e. The fourth-order valence-corrected chi connectivity index (χ4v) is 9.59. The lowest BCUT2D eigenvalue weighted by molar-refractivity contribution is 1.11. The number of hydrogen-bond donors (Lipinski definition) is 0. The highest BCUT2D eigenvalue weighted by molar-refractivity contribution is 6.24. The van der Waals surface area contributed by atoms with Crippen molar-refractivity contribution in [3.8, 4) is 44.6 Å². The van der Waals surface area contributed by atoms with Gasteiger partial charge in [0, 0.05) is 24.2 Å². The van der Waals surface area contributed by atoms with Crippen LogP contribution in [0.15, 0.2) is 195 Å². The number of hydrogen-bond acceptors (Lipinski definition) is 2. The molecule has 3 heteroatoms. The van der Waals surface area contributed by atoms with Gasteiger partial charge in [0.05, 0.1) is 5.69 Å². The largest absolute Gasteiger partial charge is 0.291 e. The summed E-state index contributed by atoms with van der Waals surface area (Å²) in [5, 5.41) is 15.2. The number of fused-ring (bicyclic) bond motifs is 9. The van der Waals surface area contributed by atoms with Gasteiger partial charge in [0.2, 0.25) is 5.78 Å². The third-order valence-corrected chi connectivity index (χ3v) is 12.2. The zero-order chi connectivity index (χ0) is 38.3. The third kappa shape index (κ3) is 4.93. The molecule has 0 amide bonds. The normalized spacial score (nSPS) is 11.9. The van der Waals surface area contributed by atoms with Gasteiger partial charge in [-0.3, -0.25) is 4.40 Å². The highest BCUT2D eigenvalue weighted by Gasteiger charge is 2.19. The molecule has 0 unspecified atom stereocenters. The maximum atomic E-state index is 4.77. The Hall–Kier alpha value is -7.62. The second kappa shape index (κ2) is 12.7. The van der Waals surface area contributed by atoms with Gasteiger partial charge < -0.3 is 0 Å². The van der Waals surface area contributed by atoms with Gasteiger partial charge >= 0.3 is 0 Å². The van der Waals surface area contributed by atoms with Crippen molar-refractivity contribution in [2.45, 2.75) is 6.92 Å². The number of nitrogens with zero attached hydrogens (tertiary/aromatic N) is 3. The van der Waals surface area contributed by atoms with E-state index in [-0.39, 0.29) is 0 Å². The number of aromatic nitrogens is 3. The average molecular weight is 738 g/mol. The summed E-state index contributed by atoms with van der Waals surface area (Å²) in [6, 6.07) is 64.9. The molecule has 0 saturated carbocycles. The Balaban J connectivity index is 1.04. The zero-order valence-corrected chi connectivity index (χ0v) is 31.8. The van der Waals surface area contributed by atoms with Crippen molar-refractivity contribution in [2.24, 2.45) is 0 Å². The number of imidazole rings is 1. The molecule has 0 aliphatic carbocycles. The van der Waals surface area contributed by atoms with E-state index in [2.05, 4.69) is 182 Å². The number of benzene rings is 10. The third-order valence-electron chi connectivity index (χ3n) is 12.2. The van der Waals surface area contributed by atoms with Crippen LogP contribution >= 0.6 is 0 Å². The summed E-state index contributed by atoms with van der Waals surface area (Å²) in [4.78, 5) is 9.18. The topological polar surface area (TPSA) is 30.2 Å². The summed E-state index contributed by atoms with van der Waals surface area (Å²) in [6.45, 7) is 2.23. The first-order chi connectivity index (χ1) is 28.7. The van der Waals surface area contributed by atoms with Gasteiger partial charge in [-0.15, -0.1) is 0 Å². The molecule has 2 aromatic heterocycles. The molecule has 10 aromatic carbocycles. The van der Waals surface area contributed by atoms with Crippen molar-refractivity contribution in [2.75, 3.05) is 0 Å². The summed E-state index contributed by atoms with van der Waals surface area (Å²) < 4.78 is 1.96.